The zero-order valence-electron chi connectivity index (χ0n) is 14.7. The molecule has 0 radical (unpaired) electrons. The molecule has 0 aliphatic carbocycles. The fraction of sp³-hybridized carbons (Fsp3) is 0.333. The monoisotopic (exact) mass is 373 g/mol. The molecule has 1 N–H and O–H groups in total. The Morgan fingerprint density at radius 2 is 2.04 bits per heavy atom. The Morgan fingerprint density at radius 1 is 1.31 bits per heavy atom. The number of ether oxygens (including phenoxy) is 1. The van der Waals surface area contributed by atoms with Gasteiger partial charge in [-0.3, -0.25) is 19.0 Å². The lowest BCUT2D eigenvalue weighted by Crippen LogP contribution is -2.30. The van der Waals surface area contributed by atoms with E-state index in [0.717, 1.165) is 22.7 Å². The molecule has 0 amide bonds. The fourth-order valence-electron chi connectivity index (χ4n) is 2.77. The second-order valence-corrected chi connectivity index (χ2v) is 6.77. The third kappa shape index (κ3) is 3.12. The van der Waals surface area contributed by atoms with Gasteiger partial charge in [0.25, 0.3) is 5.56 Å². The van der Waals surface area contributed by atoms with Gasteiger partial charge in [0.15, 0.2) is 16.2 Å². The summed E-state index contributed by atoms with van der Waals surface area (Å²) in [4.78, 5) is 44.6. The van der Waals surface area contributed by atoms with Gasteiger partial charge in [0.05, 0.1) is 6.61 Å². The third-order valence-corrected chi connectivity index (χ3v) is 5.27. The number of thioether (sulfide) groups is 1. The molecular formula is C18H19N3O4S. The number of para-hydroxylation sites is 1. The molecule has 2 heterocycles. The predicted molar refractivity (Wildman–Crippen MR) is 100 cm³/mol. The van der Waals surface area contributed by atoms with Crippen LogP contribution in [0.15, 0.2) is 34.2 Å². The van der Waals surface area contributed by atoms with Gasteiger partial charge >= 0.3 is 5.97 Å². The van der Waals surface area contributed by atoms with E-state index in [9.17, 15) is 14.4 Å². The number of hydrogen-bond donors (Lipinski definition) is 1. The Bertz CT molecular complexity index is 1050. The van der Waals surface area contributed by atoms with Gasteiger partial charge in [-0.25, -0.2) is 4.98 Å². The highest BCUT2D eigenvalue weighted by Gasteiger charge is 2.28. The number of carbonyl (C=O) groups is 2. The van der Waals surface area contributed by atoms with Crippen LogP contribution in [-0.4, -0.2) is 38.1 Å². The molecule has 3 aromatic rings. The van der Waals surface area contributed by atoms with Crippen molar-refractivity contribution in [2.24, 2.45) is 0 Å². The van der Waals surface area contributed by atoms with Crippen molar-refractivity contribution in [1.29, 1.82) is 0 Å². The van der Waals surface area contributed by atoms with E-state index in [1.807, 2.05) is 31.2 Å². The number of esters is 1. The van der Waals surface area contributed by atoms with E-state index in [-0.39, 0.29) is 17.9 Å². The van der Waals surface area contributed by atoms with E-state index in [0.29, 0.717) is 22.7 Å². The minimum absolute atomic E-state index is 0.179. The van der Waals surface area contributed by atoms with Gasteiger partial charge in [-0.15, -0.1) is 0 Å². The summed E-state index contributed by atoms with van der Waals surface area (Å²) in [6, 6.07) is 7.49. The molecule has 0 aliphatic rings. The quantitative estimate of drug-likeness (QED) is 0.309. The third-order valence-electron chi connectivity index (χ3n) is 3.99. The first kappa shape index (κ1) is 18.2. The molecule has 26 heavy (non-hydrogen) atoms. The van der Waals surface area contributed by atoms with Crippen molar-refractivity contribution in [2.75, 3.05) is 6.61 Å². The molecule has 0 unspecified atom stereocenters. The number of nitrogens with zero attached hydrogens (tertiary/aromatic N) is 2. The number of aromatic amines is 1. The van der Waals surface area contributed by atoms with Crippen molar-refractivity contribution in [3.05, 3.63) is 34.6 Å². The first-order chi connectivity index (χ1) is 12.5. The smallest absolute Gasteiger partial charge is 0.327 e. The molecule has 0 spiro atoms. The van der Waals surface area contributed by atoms with Crippen molar-refractivity contribution in [2.45, 2.75) is 37.7 Å². The topological polar surface area (TPSA) is 94.0 Å². The van der Waals surface area contributed by atoms with Crippen LogP contribution in [-0.2, 0) is 20.9 Å². The molecule has 136 valence electrons. The molecule has 1 aromatic carbocycles. The number of nitrogens with one attached hydrogen (secondary N) is 1. The highest BCUT2D eigenvalue weighted by Crippen LogP contribution is 2.27. The summed E-state index contributed by atoms with van der Waals surface area (Å²) in [5.74, 6) is -0.967. The molecule has 8 heteroatoms. The lowest BCUT2D eigenvalue weighted by Gasteiger charge is -2.15. The highest BCUT2D eigenvalue weighted by molar-refractivity contribution is 8.01. The van der Waals surface area contributed by atoms with E-state index >= 15 is 0 Å². The maximum Gasteiger partial charge on any atom is 0.327 e. The van der Waals surface area contributed by atoms with Gasteiger partial charge in [0.1, 0.15) is 11.0 Å². The summed E-state index contributed by atoms with van der Waals surface area (Å²) < 4.78 is 6.44. The SMILES string of the molecule is CCOC(=O)[C@H](Sc1nc2c([nH]c3ccccc32)c(=O)n1CC)C(C)=O. The van der Waals surface area contributed by atoms with Gasteiger partial charge in [0.2, 0.25) is 0 Å². The standard InChI is InChI=1S/C18H19N3O4S/c1-4-21-16(23)14-13(11-8-6-7-9-12(11)19-14)20-18(21)26-15(10(3)22)17(24)25-5-2/h6-9,15,19H,4-5H2,1-3H3/t15-/m1/s1. The molecule has 0 aliphatic heterocycles. The fourth-order valence-corrected chi connectivity index (χ4v) is 3.79. The van der Waals surface area contributed by atoms with Crippen molar-refractivity contribution in [1.82, 2.24) is 14.5 Å². The first-order valence-electron chi connectivity index (χ1n) is 8.32. The summed E-state index contributed by atoms with van der Waals surface area (Å²) in [5.41, 5.74) is 1.52. The van der Waals surface area contributed by atoms with Gasteiger partial charge < -0.3 is 9.72 Å². The van der Waals surface area contributed by atoms with Crippen LogP contribution in [0, 0.1) is 0 Å². The summed E-state index contributed by atoms with van der Waals surface area (Å²) >= 11 is 0.951. The van der Waals surface area contributed by atoms with Gasteiger partial charge in [-0.05, 0) is 26.8 Å². The van der Waals surface area contributed by atoms with E-state index in [2.05, 4.69) is 9.97 Å². The summed E-state index contributed by atoms with van der Waals surface area (Å²) in [5, 5.41) is 0.0884. The number of aromatic nitrogens is 3. The Hall–Kier alpha value is -2.61. The second kappa shape index (κ2) is 7.33. The Morgan fingerprint density at radius 3 is 2.69 bits per heavy atom. The molecule has 0 fully saturated rings. The maximum absolute atomic E-state index is 12.9. The number of ketones is 1. The first-order valence-corrected chi connectivity index (χ1v) is 9.20. The van der Waals surface area contributed by atoms with Crippen LogP contribution >= 0.6 is 11.8 Å². The Kier molecular flexibility index (Phi) is 5.13. The van der Waals surface area contributed by atoms with Crippen molar-refractivity contribution >= 4 is 45.5 Å². The van der Waals surface area contributed by atoms with E-state index in [1.165, 1.54) is 11.5 Å². The average molecular weight is 373 g/mol. The highest BCUT2D eigenvalue weighted by atomic mass is 32.2. The van der Waals surface area contributed by atoms with Crippen molar-refractivity contribution in [3.8, 4) is 0 Å². The molecular weight excluding hydrogens is 354 g/mol. The second-order valence-electron chi connectivity index (χ2n) is 5.70. The van der Waals surface area contributed by atoms with Gasteiger partial charge in [-0.1, -0.05) is 30.0 Å². The van der Waals surface area contributed by atoms with Crippen LogP contribution in [0.25, 0.3) is 21.9 Å². The van der Waals surface area contributed by atoms with Crippen LogP contribution in [0.4, 0.5) is 0 Å². The average Bonchev–Trinajstić information content (AvgIpc) is 2.99. The number of Topliss-reactive ketones (excluding diaryl/α,β-unsaturated/α-hetero) is 1. The Labute approximate surface area is 153 Å². The number of hydrogen-bond acceptors (Lipinski definition) is 6. The minimum Gasteiger partial charge on any atom is -0.465 e. The number of fused-ring (bicyclic) bond motifs is 3. The molecule has 2 aromatic heterocycles. The zero-order chi connectivity index (χ0) is 18.8. The predicted octanol–water partition coefficient (Wildman–Crippen LogP) is 2.51. The molecule has 3 rings (SSSR count). The minimum atomic E-state index is -1.05. The van der Waals surface area contributed by atoms with Crippen LogP contribution in [0.1, 0.15) is 20.8 Å². The number of rotatable bonds is 6. The van der Waals surface area contributed by atoms with E-state index in [1.54, 1.807) is 6.92 Å². The van der Waals surface area contributed by atoms with Crippen LogP contribution in [0.3, 0.4) is 0 Å². The molecule has 0 saturated carbocycles. The van der Waals surface area contributed by atoms with Gasteiger partial charge in [0, 0.05) is 17.4 Å². The number of carbonyl (C=O) groups excluding carboxylic acids is 2. The van der Waals surface area contributed by atoms with Crippen molar-refractivity contribution < 1.29 is 14.3 Å². The van der Waals surface area contributed by atoms with Crippen LogP contribution < -0.4 is 5.56 Å². The summed E-state index contributed by atoms with van der Waals surface area (Å²) in [7, 11) is 0. The lowest BCUT2D eigenvalue weighted by atomic mass is 10.2. The molecule has 1 atom stereocenters. The molecule has 7 nitrogen and oxygen atoms in total. The largest absolute Gasteiger partial charge is 0.465 e. The number of H-pyrrole nitrogens is 1. The maximum atomic E-state index is 12.9. The number of benzene rings is 1. The van der Waals surface area contributed by atoms with Crippen LogP contribution in [0.5, 0.6) is 0 Å². The van der Waals surface area contributed by atoms with Crippen molar-refractivity contribution in [3.63, 3.8) is 0 Å². The Balaban J connectivity index is 2.18. The molecule has 0 saturated heterocycles. The normalized spacial score (nSPS) is 12.4. The molecule has 0 bridgehead atoms. The van der Waals surface area contributed by atoms with E-state index in [4.69, 9.17) is 4.74 Å². The zero-order valence-corrected chi connectivity index (χ0v) is 15.6. The summed E-state index contributed by atoms with van der Waals surface area (Å²) in [6.45, 7) is 5.37. The lowest BCUT2D eigenvalue weighted by molar-refractivity contribution is -0.144. The van der Waals surface area contributed by atoms with E-state index < -0.39 is 11.2 Å². The summed E-state index contributed by atoms with van der Waals surface area (Å²) in [6.07, 6.45) is 0. The van der Waals surface area contributed by atoms with Gasteiger partial charge in [-0.2, -0.15) is 0 Å². The van der Waals surface area contributed by atoms with Crippen LogP contribution in [0.2, 0.25) is 0 Å².